The van der Waals surface area contributed by atoms with E-state index in [0.717, 1.165) is 32.1 Å². The number of ether oxygens (including phenoxy) is 1. The number of aromatic hydroxyl groups is 1. The molecule has 2 fully saturated rings. The van der Waals surface area contributed by atoms with Gasteiger partial charge in [-0.3, -0.25) is 9.59 Å². The molecule has 2 aromatic rings. The van der Waals surface area contributed by atoms with Crippen LogP contribution >= 0.6 is 0 Å². The third-order valence-corrected chi connectivity index (χ3v) is 6.32. The molecule has 1 saturated carbocycles. The Labute approximate surface area is 194 Å². The summed E-state index contributed by atoms with van der Waals surface area (Å²) in [7, 11) is 0. The number of hydrogen-bond donors (Lipinski definition) is 2. The maximum atomic E-state index is 13.2. The fourth-order valence-electron chi connectivity index (χ4n) is 4.76. The lowest BCUT2D eigenvalue weighted by Gasteiger charge is -2.35. The second-order valence-corrected chi connectivity index (χ2v) is 9.33. The zero-order valence-electron chi connectivity index (χ0n) is 19.2. The third-order valence-electron chi connectivity index (χ3n) is 6.32. The molecule has 0 radical (unpaired) electrons. The molecule has 0 spiro atoms. The van der Waals surface area contributed by atoms with Gasteiger partial charge in [-0.2, -0.15) is 0 Å². The summed E-state index contributed by atoms with van der Waals surface area (Å²) in [5, 5.41) is 21.4. The molecule has 6 nitrogen and oxygen atoms in total. The van der Waals surface area contributed by atoms with Crippen molar-refractivity contribution in [2.75, 3.05) is 6.61 Å². The van der Waals surface area contributed by atoms with Crippen molar-refractivity contribution in [1.29, 1.82) is 0 Å². The standard InChI is InChI=1S/C27H31NO5/c1-17(2)16-33-22-13-7-9-19(15-22)25(30)23-24(18-8-6-12-21(29)14-18)28(27(32)26(23)31)20-10-4-3-5-11-20/h6-9,12-15,17,20,24,29-30H,3-5,10-11,16H2,1-2H3/b25-23-. The highest BCUT2D eigenvalue weighted by Crippen LogP contribution is 2.43. The van der Waals surface area contributed by atoms with Crippen molar-refractivity contribution >= 4 is 17.4 Å². The second-order valence-electron chi connectivity index (χ2n) is 9.33. The molecule has 2 aliphatic rings. The molecule has 2 N–H and O–H groups in total. The van der Waals surface area contributed by atoms with Crippen LogP contribution in [0.15, 0.2) is 54.1 Å². The summed E-state index contributed by atoms with van der Waals surface area (Å²) in [5.41, 5.74) is 1.08. The summed E-state index contributed by atoms with van der Waals surface area (Å²) in [6.07, 6.45) is 4.74. The summed E-state index contributed by atoms with van der Waals surface area (Å²) in [5.74, 6) is -0.540. The Kier molecular flexibility index (Phi) is 6.72. The molecule has 33 heavy (non-hydrogen) atoms. The Morgan fingerprint density at radius 3 is 2.48 bits per heavy atom. The minimum atomic E-state index is -0.750. The summed E-state index contributed by atoms with van der Waals surface area (Å²) < 4.78 is 5.78. The summed E-state index contributed by atoms with van der Waals surface area (Å²) in [6.45, 7) is 4.62. The predicted molar refractivity (Wildman–Crippen MR) is 126 cm³/mol. The summed E-state index contributed by atoms with van der Waals surface area (Å²) in [4.78, 5) is 28.1. The Morgan fingerprint density at radius 1 is 1.06 bits per heavy atom. The normalized spacial score (nSPS) is 21.1. The van der Waals surface area contributed by atoms with Crippen LogP contribution < -0.4 is 4.74 Å². The topological polar surface area (TPSA) is 87.1 Å². The molecule has 0 bridgehead atoms. The predicted octanol–water partition coefficient (Wildman–Crippen LogP) is 5.18. The first kappa shape index (κ1) is 22.9. The number of amides is 1. The molecular weight excluding hydrogens is 418 g/mol. The minimum Gasteiger partial charge on any atom is -0.508 e. The van der Waals surface area contributed by atoms with Gasteiger partial charge >= 0.3 is 0 Å². The number of Topliss-reactive ketones (excluding diaryl/α,β-unsaturated/α-hetero) is 1. The van der Waals surface area contributed by atoms with E-state index in [1.807, 2.05) is 13.8 Å². The van der Waals surface area contributed by atoms with E-state index in [9.17, 15) is 19.8 Å². The van der Waals surface area contributed by atoms with Crippen LogP contribution in [0.5, 0.6) is 11.5 Å². The molecule has 1 aliphatic heterocycles. The van der Waals surface area contributed by atoms with Crippen molar-refractivity contribution in [1.82, 2.24) is 4.90 Å². The number of carbonyl (C=O) groups is 2. The van der Waals surface area contributed by atoms with Gasteiger partial charge in [0.25, 0.3) is 11.7 Å². The van der Waals surface area contributed by atoms with Crippen LogP contribution in [-0.4, -0.2) is 39.5 Å². The number of phenols is 1. The Bertz CT molecular complexity index is 1070. The highest BCUT2D eigenvalue weighted by atomic mass is 16.5. The smallest absolute Gasteiger partial charge is 0.295 e. The van der Waals surface area contributed by atoms with Gasteiger partial charge in [0.05, 0.1) is 18.2 Å². The summed E-state index contributed by atoms with van der Waals surface area (Å²) >= 11 is 0. The SMILES string of the molecule is CC(C)COc1cccc(/C(O)=C2/C(=O)C(=O)N(C3CCCCC3)C2c2cccc(O)c2)c1. The van der Waals surface area contributed by atoms with Gasteiger partial charge in [0.1, 0.15) is 17.3 Å². The lowest BCUT2D eigenvalue weighted by Crippen LogP contribution is -2.40. The van der Waals surface area contributed by atoms with Crippen molar-refractivity contribution in [3.8, 4) is 11.5 Å². The molecule has 1 atom stereocenters. The lowest BCUT2D eigenvalue weighted by atomic mass is 9.91. The molecule has 6 heteroatoms. The quantitative estimate of drug-likeness (QED) is 0.360. The van der Waals surface area contributed by atoms with E-state index in [4.69, 9.17) is 4.74 Å². The largest absolute Gasteiger partial charge is 0.508 e. The first-order valence-corrected chi connectivity index (χ1v) is 11.7. The highest BCUT2D eigenvalue weighted by Gasteiger charge is 2.48. The van der Waals surface area contributed by atoms with E-state index in [1.54, 1.807) is 53.4 Å². The molecule has 1 saturated heterocycles. The van der Waals surface area contributed by atoms with Crippen LogP contribution in [0.4, 0.5) is 0 Å². The molecule has 1 amide bonds. The molecule has 1 heterocycles. The fourth-order valence-corrected chi connectivity index (χ4v) is 4.76. The average molecular weight is 450 g/mol. The van der Waals surface area contributed by atoms with Crippen molar-refractivity contribution in [3.05, 3.63) is 65.2 Å². The monoisotopic (exact) mass is 449 g/mol. The first-order chi connectivity index (χ1) is 15.9. The van der Waals surface area contributed by atoms with Crippen molar-refractivity contribution in [2.24, 2.45) is 5.92 Å². The number of phenolic OH excluding ortho intramolecular Hbond substituents is 1. The Balaban J connectivity index is 1.80. The number of aliphatic hydroxyl groups is 1. The molecular formula is C27H31NO5. The average Bonchev–Trinajstić information content (AvgIpc) is 3.08. The maximum Gasteiger partial charge on any atom is 0.295 e. The molecule has 0 aromatic heterocycles. The van der Waals surface area contributed by atoms with E-state index in [0.29, 0.717) is 29.4 Å². The third kappa shape index (κ3) is 4.75. The van der Waals surface area contributed by atoms with Crippen LogP contribution in [0.25, 0.3) is 5.76 Å². The van der Waals surface area contributed by atoms with Crippen LogP contribution in [-0.2, 0) is 9.59 Å². The van der Waals surface area contributed by atoms with Crippen LogP contribution in [0, 0.1) is 5.92 Å². The molecule has 2 aromatic carbocycles. The molecule has 1 aliphatic carbocycles. The van der Waals surface area contributed by atoms with Gasteiger partial charge in [0, 0.05) is 11.6 Å². The van der Waals surface area contributed by atoms with Crippen LogP contribution in [0.2, 0.25) is 0 Å². The number of benzene rings is 2. The van der Waals surface area contributed by atoms with E-state index < -0.39 is 17.7 Å². The zero-order valence-corrected chi connectivity index (χ0v) is 19.2. The van der Waals surface area contributed by atoms with Crippen molar-refractivity contribution < 1.29 is 24.5 Å². The van der Waals surface area contributed by atoms with E-state index >= 15 is 0 Å². The summed E-state index contributed by atoms with van der Waals surface area (Å²) in [6, 6.07) is 12.7. The lowest BCUT2D eigenvalue weighted by molar-refractivity contribution is -0.141. The number of likely N-dealkylation sites (tertiary alicyclic amines) is 1. The van der Waals surface area contributed by atoms with Gasteiger partial charge < -0.3 is 19.8 Å². The van der Waals surface area contributed by atoms with Gasteiger partial charge in [-0.05, 0) is 48.6 Å². The van der Waals surface area contributed by atoms with Crippen molar-refractivity contribution in [3.63, 3.8) is 0 Å². The number of ketones is 1. The maximum absolute atomic E-state index is 13.2. The first-order valence-electron chi connectivity index (χ1n) is 11.7. The van der Waals surface area contributed by atoms with Gasteiger partial charge in [-0.1, -0.05) is 57.4 Å². The van der Waals surface area contributed by atoms with Gasteiger partial charge in [0.2, 0.25) is 0 Å². The van der Waals surface area contributed by atoms with Gasteiger partial charge in [-0.15, -0.1) is 0 Å². The molecule has 4 rings (SSSR count). The second kappa shape index (κ2) is 9.69. The van der Waals surface area contributed by atoms with E-state index in [2.05, 4.69) is 0 Å². The number of hydrogen-bond acceptors (Lipinski definition) is 5. The Morgan fingerprint density at radius 2 is 1.79 bits per heavy atom. The van der Waals surface area contributed by atoms with Crippen LogP contribution in [0.3, 0.4) is 0 Å². The number of carbonyl (C=O) groups excluding carboxylic acids is 2. The van der Waals surface area contributed by atoms with Crippen molar-refractivity contribution in [2.45, 2.75) is 58.0 Å². The zero-order chi connectivity index (χ0) is 23.5. The van der Waals surface area contributed by atoms with E-state index in [1.165, 1.54) is 0 Å². The number of rotatable bonds is 6. The van der Waals surface area contributed by atoms with Gasteiger partial charge in [-0.25, -0.2) is 0 Å². The Hall–Kier alpha value is -3.28. The molecule has 174 valence electrons. The minimum absolute atomic E-state index is 0.0471. The number of nitrogens with zero attached hydrogens (tertiary/aromatic N) is 1. The van der Waals surface area contributed by atoms with Gasteiger partial charge in [0.15, 0.2) is 0 Å². The van der Waals surface area contributed by atoms with E-state index in [-0.39, 0.29) is 23.1 Å². The number of aliphatic hydroxyl groups excluding tert-OH is 1. The molecule has 1 unspecified atom stereocenters. The van der Waals surface area contributed by atoms with Crippen LogP contribution in [0.1, 0.15) is 63.1 Å². The fraction of sp³-hybridized carbons (Fsp3) is 0.407. The highest BCUT2D eigenvalue weighted by molar-refractivity contribution is 6.46.